The molecule has 6 aromatic heterocycles. The Kier molecular flexibility index (Phi) is 30.4. The lowest BCUT2D eigenvalue weighted by molar-refractivity contribution is -0.141. The Bertz CT molecular complexity index is 7410. The number of hydrogen-bond donors (Lipinski definition) is 6. The lowest BCUT2D eigenvalue weighted by Gasteiger charge is -2.45. The topological polar surface area (TPSA) is 424 Å². The molecular weight excluding hydrogens is 1940 g/mol. The number of aryl methyl sites for hydroxylation is 2. The number of aliphatic hydroxyl groups is 1. The zero-order valence-electron chi connectivity index (χ0n) is 79.4. The van der Waals surface area contributed by atoms with E-state index in [-0.39, 0.29) is 120 Å². The van der Waals surface area contributed by atoms with Gasteiger partial charge in [-0.05, 0) is 204 Å². The summed E-state index contributed by atoms with van der Waals surface area (Å²) in [6.45, 7) is 8.24. The Hall–Kier alpha value is -15.1. The first-order valence-electron chi connectivity index (χ1n) is 48.6. The first kappa shape index (κ1) is 99.0. The number of halogens is 1. The fourth-order valence-electron chi connectivity index (χ4n) is 21.3. The number of ether oxygens (including phenoxy) is 2. The van der Waals surface area contributed by atoms with Crippen molar-refractivity contribution in [2.24, 2.45) is 29.6 Å². The van der Waals surface area contributed by atoms with Gasteiger partial charge in [0.15, 0.2) is 11.6 Å². The average molecular weight is 2050 g/mol. The molecule has 2 bridgehead atoms. The summed E-state index contributed by atoms with van der Waals surface area (Å²) in [7, 11) is 0. The second kappa shape index (κ2) is 44.2. The Labute approximate surface area is 839 Å². The standard InChI is InChI=1S/C28H25N3O3.C28H26N2O3.C24H22N6O3.C10H11IN2O2.C10H12N2O3.C10H13NO3/c32-25(13-14-31-24-12-6-5-11-22(24)27(33)30-28(31)34)29-16-17-15-23-18-7-1-3-9-20(18)26(17)21-10-4-2-8-19(21)23;1-22-21-30(27(32)29-26(22)31)19-11-12-20-33-28(23-13-5-2-6-14-23,24-15-7-3-8-16-24)25-17-9-4-10-18-25;31-21-15-22(32)30(20-5-2-1-4-18(20)21)16-17-6-9-25-19(14-17)23(33)28-10-12-29(13-11-28)24-26-7-3-8-27-24;11-7-4-13(10(15)12-9(7)14)8-2-1-5-3-6(5)8;13-8-4-7(5-3-6(5)8)12-2-1-9(14)11-10(12)15;1-7-6-11(9(13)5-8(7)12)10-3-2-4-14-10/h1-12,17,23,26H,13-16H2,(H,29,32)(H,30,33,34);2-18,21H,19-20H2,1H3,(H,29,31,32);1-9,14H,10-13,15-16H2;4-6,8H,1-3H2,(H,12,14,15);1-2,5-8,13H,3-4H2,(H,11,14,15);6,10H,2-5H2,1H3/b;12-11-;;;;/t17-,23?,26?;;;5?,6?,8-;;10-/m1..0.1/s1. The molecule has 7 aliphatic carbocycles. The van der Waals surface area contributed by atoms with Crippen LogP contribution in [-0.4, -0.2) is 162 Å². The van der Waals surface area contributed by atoms with Crippen LogP contribution in [-0.2, 0) is 53.9 Å². The number of para-hydroxylation sites is 2. The van der Waals surface area contributed by atoms with Gasteiger partial charge in [-0.25, -0.2) is 29.1 Å². The number of pyridine rings is 1. The second-order valence-electron chi connectivity index (χ2n) is 37.6. The maximum atomic E-state index is 13.1. The molecule has 738 valence electrons. The van der Waals surface area contributed by atoms with Crippen LogP contribution in [0.5, 0.6) is 0 Å². The minimum absolute atomic E-state index is 0.0117. The van der Waals surface area contributed by atoms with Crippen molar-refractivity contribution >= 4 is 80.3 Å². The van der Waals surface area contributed by atoms with Crippen molar-refractivity contribution < 1.29 is 43.3 Å². The zero-order valence-corrected chi connectivity index (χ0v) is 81.5. The predicted octanol–water partition coefficient (Wildman–Crippen LogP) is 11.3. The molecule has 34 heteroatoms. The molecule has 24 rings (SSSR count). The van der Waals surface area contributed by atoms with Crippen LogP contribution in [0.25, 0.3) is 10.9 Å². The van der Waals surface area contributed by atoms with Crippen LogP contribution in [0.2, 0.25) is 0 Å². The van der Waals surface area contributed by atoms with Crippen LogP contribution >= 0.6 is 22.6 Å². The molecule has 4 saturated carbocycles. The molecule has 4 aliphatic heterocycles. The molecule has 4 amide bonds. The summed E-state index contributed by atoms with van der Waals surface area (Å²) in [5.74, 6) is 3.07. The molecule has 6 unspecified atom stereocenters. The number of nitrogens with one attached hydrogen (secondary N) is 5. The predicted molar refractivity (Wildman–Crippen MR) is 548 cm³/mol. The normalized spacial score (nSPS) is 21.2. The van der Waals surface area contributed by atoms with Crippen LogP contribution in [0, 0.1) is 40.1 Å². The van der Waals surface area contributed by atoms with Crippen LogP contribution in [0.4, 0.5) is 11.6 Å². The number of carbonyl (C=O) groups excluding carboxylic acids is 6. The van der Waals surface area contributed by atoms with E-state index in [0.717, 1.165) is 60.3 Å². The van der Waals surface area contributed by atoms with Crippen molar-refractivity contribution in [3.63, 3.8) is 0 Å². The molecule has 13 aromatic rings. The lowest BCUT2D eigenvalue weighted by Crippen LogP contribution is -2.49. The third kappa shape index (κ3) is 21.9. The molecule has 6 N–H and O–H groups in total. The molecule has 144 heavy (non-hydrogen) atoms. The molecule has 0 radical (unpaired) electrons. The quantitative estimate of drug-likeness (QED) is 0.0179. The van der Waals surface area contributed by atoms with E-state index >= 15 is 0 Å². The number of nitrogens with zero attached hydrogens (tertiary/aromatic N) is 11. The van der Waals surface area contributed by atoms with Crippen molar-refractivity contribution in [2.45, 2.75) is 146 Å². The summed E-state index contributed by atoms with van der Waals surface area (Å²) >= 11 is 1.97. The highest BCUT2D eigenvalue weighted by molar-refractivity contribution is 14.1. The first-order valence-corrected chi connectivity index (χ1v) is 49.7. The highest BCUT2D eigenvalue weighted by atomic mass is 127. The Balaban J connectivity index is 0.000000118. The zero-order chi connectivity index (χ0) is 100. The molecule has 6 fully saturated rings. The van der Waals surface area contributed by atoms with Gasteiger partial charge in [-0.3, -0.25) is 96.0 Å². The number of benzene rings is 7. The summed E-state index contributed by atoms with van der Waals surface area (Å²) in [4.78, 5) is 196. The van der Waals surface area contributed by atoms with E-state index < -0.39 is 22.5 Å². The summed E-state index contributed by atoms with van der Waals surface area (Å²) in [6, 6.07) is 69.0. The number of rotatable bonds is 20. The van der Waals surface area contributed by atoms with Gasteiger partial charge in [0, 0.05) is 149 Å². The third-order valence-corrected chi connectivity index (χ3v) is 29.5. The Morgan fingerprint density at radius 1 is 0.576 bits per heavy atom. The maximum Gasteiger partial charge on any atom is 0.328 e. The van der Waals surface area contributed by atoms with Gasteiger partial charge in [0.05, 0.1) is 52.3 Å². The Morgan fingerprint density at radius 3 is 1.85 bits per heavy atom. The number of piperazine rings is 1. The fourth-order valence-corrected chi connectivity index (χ4v) is 21.7. The third-order valence-electron chi connectivity index (χ3n) is 28.7. The van der Waals surface area contributed by atoms with Gasteiger partial charge in [0.1, 0.15) is 17.5 Å². The molecule has 11 aliphatic rings. The highest BCUT2D eigenvalue weighted by Crippen LogP contribution is 2.59. The van der Waals surface area contributed by atoms with E-state index in [1.165, 1.54) is 56.5 Å². The number of carbonyl (C=O) groups is 6. The fraction of sp³-hybridized carbons (Fsp3) is 0.318. The van der Waals surface area contributed by atoms with Crippen LogP contribution in [0.3, 0.4) is 0 Å². The van der Waals surface area contributed by atoms with Gasteiger partial charge < -0.3 is 34.6 Å². The number of hydrogen-bond acceptors (Lipinski definition) is 21. The van der Waals surface area contributed by atoms with Crippen LogP contribution in [0.15, 0.2) is 312 Å². The van der Waals surface area contributed by atoms with Gasteiger partial charge in [-0.1, -0.05) is 176 Å². The summed E-state index contributed by atoms with van der Waals surface area (Å²) < 4.78 is 18.9. The monoisotopic (exact) mass is 2050 g/mol. The van der Waals surface area contributed by atoms with Crippen LogP contribution < -0.4 is 60.1 Å². The number of amides is 4. The maximum absolute atomic E-state index is 13.1. The summed E-state index contributed by atoms with van der Waals surface area (Å²) in [5.41, 5.74) is 8.87. The number of anilines is 2. The minimum Gasteiger partial charge on any atom is -0.393 e. The van der Waals surface area contributed by atoms with E-state index in [1.807, 2.05) is 94.2 Å². The molecule has 9 atom stereocenters. The van der Waals surface area contributed by atoms with Crippen molar-refractivity contribution in [1.29, 1.82) is 0 Å². The lowest BCUT2D eigenvalue weighted by atomic mass is 9.59. The van der Waals surface area contributed by atoms with Gasteiger partial charge in [-0.15, -0.1) is 0 Å². The van der Waals surface area contributed by atoms with E-state index in [0.29, 0.717) is 143 Å². The van der Waals surface area contributed by atoms with Crippen molar-refractivity contribution in [1.82, 2.24) is 68.3 Å². The van der Waals surface area contributed by atoms with Gasteiger partial charge >= 0.3 is 22.8 Å². The van der Waals surface area contributed by atoms with E-state index in [2.05, 4.69) is 125 Å². The van der Waals surface area contributed by atoms with Crippen LogP contribution in [0.1, 0.15) is 172 Å². The molecular formula is C110H109IN16O17. The van der Waals surface area contributed by atoms with E-state index in [1.54, 1.807) is 142 Å². The number of aliphatic hydroxyl groups excluding tert-OH is 1. The molecule has 33 nitrogen and oxygen atoms in total. The number of aromatic amines is 4. The SMILES string of the molecule is CC1=CN([C@H]2CCCO2)C(=O)CC1=O.Cc1cn(C/C=C\COC(c2ccccc2)(c2ccccc2)c2ccccc2)c(=O)[nH]c1=O.O=C(CCn1c(=O)[nH]c(=O)c2ccccc21)NC[C@H]1CC2c3ccccc3C1c1ccccc12.O=C1CC(=O)N(Cc2ccnc(C(=O)N3CCN(c4ncccn4)CC3)c2)c2ccccc21.O=c1[nH]c(=O)n([C@H]2CCC3CC32)cc1I.O=c1ccn(C2CC(O)C3CC32)c(=O)[nH]1. The summed E-state index contributed by atoms with van der Waals surface area (Å²) in [5, 5.41) is 13.2. The number of H-pyrrole nitrogens is 4. The van der Waals surface area contributed by atoms with E-state index in [4.69, 9.17) is 9.47 Å². The van der Waals surface area contributed by atoms with Gasteiger partial charge in [-0.2, -0.15) is 0 Å². The van der Waals surface area contributed by atoms with Crippen molar-refractivity contribution in [3.8, 4) is 0 Å². The number of allylic oxidation sites excluding steroid dienone is 2. The minimum atomic E-state index is -0.792. The Morgan fingerprint density at radius 2 is 1.21 bits per heavy atom. The van der Waals surface area contributed by atoms with E-state index in [9.17, 15) is 72.2 Å². The first-order chi connectivity index (χ1) is 69.8. The number of aromatic nitrogens is 11. The largest absolute Gasteiger partial charge is 0.393 e. The van der Waals surface area contributed by atoms with Gasteiger partial charge in [0.2, 0.25) is 23.7 Å². The number of Topliss-reactive ketones (excluding diaryl/α,β-unsaturated/α-hetero) is 2. The van der Waals surface area contributed by atoms with Crippen molar-refractivity contribution in [2.75, 3.05) is 55.7 Å². The smallest absolute Gasteiger partial charge is 0.328 e. The van der Waals surface area contributed by atoms with Gasteiger partial charge in [0.25, 0.3) is 28.1 Å². The molecule has 2 saturated heterocycles. The average Bonchev–Trinajstić information content (AvgIpc) is 1.18. The molecule has 0 spiro atoms. The summed E-state index contributed by atoms with van der Waals surface area (Å²) in [6.07, 6.45) is 22.8. The highest BCUT2D eigenvalue weighted by Gasteiger charge is 2.55. The second-order valence-corrected chi connectivity index (χ2v) is 38.8. The number of ketones is 2. The van der Waals surface area contributed by atoms with Crippen molar-refractivity contribution in [3.05, 3.63) is 422 Å². The number of fused-ring (bicyclic) bond motifs is 5. The molecule has 7 aromatic carbocycles. The molecule has 10 heterocycles.